The second kappa shape index (κ2) is 4.45. The van der Waals surface area contributed by atoms with Crippen molar-refractivity contribution in [1.29, 1.82) is 0 Å². The summed E-state index contributed by atoms with van der Waals surface area (Å²) in [7, 11) is 1.45. The molecule has 0 bridgehead atoms. The zero-order chi connectivity index (χ0) is 8.97. The zero-order valence-electron chi connectivity index (χ0n) is 7.88. The predicted octanol–water partition coefficient (Wildman–Crippen LogP) is 1.03. The number of methoxy groups -OCH3 is 1. The molecule has 12 heavy (non-hydrogen) atoms. The molecule has 0 amide bonds. The summed E-state index contributed by atoms with van der Waals surface area (Å²) in [5, 5.41) is 0. The molecule has 1 aliphatic heterocycles. The van der Waals surface area contributed by atoms with Crippen LogP contribution in [0.5, 0.6) is 0 Å². The molecule has 0 aromatic carbocycles. The van der Waals surface area contributed by atoms with Gasteiger partial charge in [-0.25, -0.2) is 0 Å². The van der Waals surface area contributed by atoms with Crippen molar-refractivity contribution in [2.75, 3.05) is 20.2 Å². The largest absolute Gasteiger partial charge is 0.469 e. The Balaban J connectivity index is 2.35. The molecule has 1 fully saturated rings. The van der Waals surface area contributed by atoms with Crippen molar-refractivity contribution in [2.24, 2.45) is 0 Å². The topological polar surface area (TPSA) is 29.5 Å². The van der Waals surface area contributed by atoms with E-state index in [-0.39, 0.29) is 5.97 Å². The van der Waals surface area contributed by atoms with Crippen LogP contribution in [0.15, 0.2) is 0 Å². The minimum absolute atomic E-state index is 0.0830. The van der Waals surface area contributed by atoms with Crippen molar-refractivity contribution in [2.45, 2.75) is 32.2 Å². The monoisotopic (exact) mass is 171 g/mol. The van der Waals surface area contributed by atoms with Crippen molar-refractivity contribution >= 4 is 5.97 Å². The van der Waals surface area contributed by atoms with E-state index in [2.05, 4.69) is 16.6 Å². The molecule has 70 valence electrons. The Hall–Kier alpha value is -0.570. The fraction of sp³-hybridized carbons (Fsp3) is 0.889. The Morgan fingerprint density at radius 3 is 3.00 bits per heavy atom. The Morgan fingerprint density at radius 1 is 1.67 bits per heavy atom. The minimum Gasteiger partial charge on any atom is -0.469 e. The van der Waals surface area contributed by atoms with E-state index in [0.717, 1.165) is 19.5 Å². The number of nitrogens with zero attached hydrogens (tertiary/aromatic N) is 1. The molecule has 1 rings (SSSR count). The van der Waals surface area contributed by atoms with E-state index < -0.39 is 0 Å². The number of ether oxygens (including phenoxy) is 1. The highest BCUT2D eigenvalue weighted by atomic mass is 16.5. The van der Waals surface area contributed by atoms with Crippen LogP contribution in [-0.2, 0) is 9.53 Å². The lowest BCUT2D eigenvalue weighted by molar-refractivity contribution is -0.141. The molecular formula is C9H17NO2. The Labute approximate surface area is 73.7 Å². The summed E-state index contributed by atoms with van der Waals surface area (Å²) in [6, 6.07) is 0.433. The van der Waals surface area contributed by atoms with E-state index in [1.54, 1.807) is 0 Å². The Morgan fingerprint density at radius 2 is 2.42 bits per heavy atom. The molecule has 1 saturated heterocycles. The van der Waals surface area contributed by atoms with E-state index in [1.807, 2.05) is 0 Å². The first-order chi connectivity index (χ1) is 5.77. The smallest absolute Gasteiger partial charge is 0.307 e. The number of carbonyl (C=O) groups excluding carboxylic acids is 1. The van der Waals surface area contributed by atoms with Crippen LogP contribution in [0.4, 0.5) is 0 Å². The van der Waals surface area contributed by atoms with Gasteiger partial charge >= 0.3 is 5.97 Å². The summed E-state index contributed by atoms with van der Waals surface area (Å²) in [5.41, 5.74) is 0. The molecule has 1 aliphatic rings. The highest BCUT2D eigenvalue weighted by molar-refractivity contribution is 5.69. The van der Waals surface area contributed by atoms with Crippen molar-refractivity contribution in [3.8, 4) is 0 Å². The van der Waals surface area contributed by atoms with Crippen LogP contribution in [0.1, 0.15) is 26.2 Å². The minimum atomic E-state index is -0.0830. The highest BCUT2D eigenvalue weighted by Crippen LogP contribution is 2.19. The summed E-state index contributed by atoms with van der Waals surface area (Å²) in [6.07, 6.45) is 2.92. The molecule has 3 heteroatoms. The van der Waals surface area contributed by atoms with Gasteiger partial charge in [-0.05, 0) is 25.9 Å². The van der Waals surface area contributed by atoms with Gasteiger partial charge in [-0.1, -0.05) is 6.92 Å². The number of esters is 1. The van der Waals surface area contributed by atoms with Gasteiger partial charge in [0.05, 0.1) is 13.5 Å². The first kappa shape index (κ1) is 9.52. The van der Waals surface area contributed by atoms with Crippen LogP contribution in [0.3, 0.4) is 0 Å². The van der Waals surface area contributed by atoms with Crippen LogP contribution in [0, 0.1) is 0 Å². The zero-order valence-corrected chi connectivity index (χ0v) is 7.88. The fourth-order valence-corrected chi connectivity index (χ4v) is 1.82. The van der Waals surface area contributed by atoms with Gasteiger partial charge in [0.25, 0.3) is 0 Å². The fourth-order valence-electron chi connectivity index (χ4n) is 1.82. The third kappa shape index (κ3) is 2.21. The van der Waals surface area contributed by atoms with Crippen molar-refractivity contribution in [3.05, 3.63) is 0 Å². The molecule has 1 atom stereocenters. The van der Waals surface area contributed by atoms with E-state index >= 15 is 0 Å². The van der Waals surface area contributed by atoms with Gasteiger partial charge in [0.1, 0.15) is 0 Å². The van der Waals surface area contributed by atoms with Gasteiger partial charge in [0.2, 0.25) is 0 Å². The van der Waals surface area contributed by atoms with Crippen LogP contribution in [-0.4, -0.2) is 37.1 Å². The summed E-state index contributed by atoms with van der Waals surface area (Å²) >= 11 is 0. The average Bonchev–Trinajstić information content (AvgIpc) is 2.51. The third-order valence-corrected chi connectivity index (χ3v) is 2.54. The molecule has 0 saturated carbocycles. The summed E-state index contributed by atoms with van der Waals surface area (Å²) < 4.78 is 4.64. The summed E-state index contributed by atoms with van der Waals surface area (Å²) in [5.74, 6) is -0.0830. The lowest BCUT2D eigenvalue weighted by Gasteiger charge is -2.21. The Bertz CT molecular complexity index is 159. The van der Waals surface area contributed by atoms with Gasteiger partial charge in [-0.2, -0.15) is 0 Å². The molecular weight excluding hydrogens is 154 g/mol. The molecule has 0 N–H and O–H groups in total. The first-order valence-corrected chi connectivity index (χ1v) is 4.58. The quantitative estimate of drug-likeness (QED) is 0.594. The molecule has 3 nitrogen and oxygen atoms in total. The molecule has 0 aromatic rings. The average molecular weight is 171 g/mol. The van der Waals surface area contributed by atoms with Crippen LogP contribution in [0.25, 0.3) is 0 Å². The Kier molecular flexibility index (Phi) is 3.53. The molecule has 0 aliphatic carbocycles. The lowest BCUT2D eigenvalue weighted by atomic mass is 10.1. The van der Waals surface area contributed by atoms with Gasteiger partial charge in [-0.15, -0.1) is 0 Å². The van der Waals surface area contributed by atoms with E-state index in [1.165, 1.54) is 13.5 Å². The molecule has 1 heterocycles. The van der Waals surface area contributed by atoms with Gasteiger partial charge in [-0.3, -0.25) is 4.79 Å². The summed E-state index contributed by atoms with van der Waals surface area (Å²) in [6.45, 7) is 4.31. The number of carbonyl (C=O) groups is 1. The van der Waals surface area contributed by atoms with Crippen LogP contribution < -0.4 is 0 Å². The van der Waals surface area contributed by atoms with Crippen LogP contribution >= 0.6 is 0 Å². The number of rotatable bonds is 3. The standard InChI is InChI=1S/C9H17NO2/c1-3-10-6-4-5-8(10)7-9(11)12-2/h8H,3-7H2,1-2H3/t8-/m0/s1. The van der Waals surface area contributed by atoms with Crippen molar-refractivity contribution < 1.29 is 9.53 Å². The maximum Gasteiger partial charge on any atom is 0.307 e. The van der Waals surface area contributed by atoms with Gasteiger partial charge in [0.15, 0.2) is 0 Å². The van der Waals surface area contributed by atoms with Crippen LogP contribution in [0.2, 0.25) is 0 Å². The third-order valence-electron chi connectivity index (χ3n) is 2.54. The highest BCUT2D eigenvalue weighted by Gasteiger charge is 2.25. The van der Waals surface area contributed by atoms with Gasteiger partial charge in [0, 0.05) is 6.04 Å². The lowest BCUT2D eigenvalue weighted by Crippen LogP contribution is -2.31. The van der Waals surface area contributed by atoms with Gasteiger partial charge < -0.3 is 9.64 Å². The molecule has 0 radical (unpaired) electrons. The second-order valence-corrected chi connectivity index (χ2v) is 3.20. The number of hydrogen-bond donors (Lipinski definition) is 0. The SMILES string of the molecule is CCN1CCC[C@H]1CC(=O)OC. The van der Waals surface area contributed by atoms with Crippen molar-refractivity contribution in [1.82, 2.24) is 4.90 Å². The summed E-state index contributed by atoms with van der Waals surface area (Å²) in [4.78, 5) is 13.3. The molecule has 0 aromatic heterocycles. The van der Waals surface area contributed by atoms with E-state index in [9.17, 15) is 4.79 Å². The molecule has 0 unspecified atom stereocenters. The predicted molar refractivity (Wildman–Crippen MR) is 46.9 cm³/mol. The van der Waals surface area contributed by atoms with E-state index in [4.69, 9.17) is 0 Å². The van der Waals surface area contributed by atoms with E-state index in [0.29, 0.717) is 12.5 Å². The maximum atomic E-state index is 11.0. The molecule has 0 spiro atoms. The number of likely N-dealkylation sites (tertiary alicyclic amines) is 1. The number of hydrogen-bond acceptors (Lipinski definition) is 3. The normalized spacial score (nSPS) is 24.3. The van der Waals surface area contributed by atoms with Crippen molar-refractivity contribution in [3.63, 3.8) is 0 Å². The first-order valence-electron chi connectivity index (χ1n) is 4.58. The maximum absolute atomic E-state index is 11.0. The second-order valence-electron chi connectivity index (χ2n) is 3.20.